The Morgan fingerprint density at radius 3 is 2.60 bits per heavy atom. The fourth-order valence-electron chi connectivity index (χ4n) is 2.86. The Morgan fingerprint density at radius 2 is 2.04 bits per heavy atom. The van der Waals surface area contributed by atoms with Gasteiger partial charge in [-0.1, -0.05) is 30.3 Å². The smallest absolute Gasteiger partial charge is 0.211 e. The van der Waals surface area contributed by atoms with Crippen LogP contribution in [0.4, 0.5) is 0 Å². The predicted octanol–water partition coefficient (Wildman–Crippen LogP) is 1.98. The molecule has 1 atom stereocenters. The normalized spacial score (nSPS) is 18.7. The number of hydrogen-bond acceptors (Lipinski definition) is 3. The molecular weight excluding hydrogens is 451 g/mol. The fraction of sp³-hybridized carbons (Fsp3) is 0.588. The molecule has 142 valence electrons. The van der Waals surface area contributed by atoms with Gasteiger partial charge in [0.25, 0.3) is 0 Å². The minimum Gasteiger partial charge on any atom is -0.357 e. The van der Waals surface area contributed by atoms with Gasteiger partial charge in [-0.15, -0.1) is 24.0 Å². The molecule has 0 spiro atoms. The second kappa shape index (κ2) is 10.3. The van der Waals surface area contributed by atoms with Crippen LogP contribution in [0.25, 0.3) is 0 Å². The topological polar surface area (TPSA) is 65.0 Å². The summed E-state index contributed by atoms with van der Waals surface area (Å²) in [5.74, 6) is 1.15. The van der Waals surface area contributed by atoms with E-state index in [1.54, 1.807) is 4.31 Å². The number of nitrogens with zero attached hydrogens (tertiary/aromatic N) is 3. The molecule has 1 fully saturated rings. The Morgan fingerprint density at radius 1 is 1.36 bits per heavy atom. The average molecular weight is 480 g/mol. The zero-order valence-corrected chi connectivity index (χ0v) is 18.3. The number of aliphatic imine (C=N–C) groups is 1. The molecule has 6 nitrogen and oxygen atoms in total. The summed E-state index contributed by atoms with van der Waals surface area (Å²) in [5.41, 5.74) is 1.23. The van der Waals surface area contributed by atoms with Gasteiger partial charge in [0.15, 0.2) is 5.96 Å². The van der Waals surface area contributed by atoms with Gasteiger partial charge in [0.1, 0.15) is 0 Å². The van der Waals surface area contributed by atoms with Crippen LogP contribution >= 0.6 is 24.0 Å². The van der Waals surface area contributed by atoms with E-state index in [1.165, 1.54) is 11.8 Å². The van der Waals surface area contributed by atoms with Crippen molar-refractivity contribution < 1.29 is 8.42 Å². The summed E-state index contributed by atoms with van der Waals surface area (Å²) in [6.45, 7) is 5.46. The molecule has 0 saturated carbocycles. The van der Waals surface area contributed by atoms with Crippen LogP contribution < -0.4 is 5.32 Å². The fourth-order valence-corrected chi connectivity index (χ4v) is 3.78. The number of nitrogens with one attached hydrogen (secondary N) is 1. The molecule has 1 heterocycles. The summed E-state index contributed by atoms with van der Waals surface area (Å²) in [7, 11) is -1.06. The number of sulfonamides is 1. The standard InChI is InChI=1S/C17H28N4O2S.HI/c1-4-18-17(20(2)13-15-8-6-5-7-9-15)19-12-16-10-11-21(14-16)24(3,22)23;/h5-9,16H,4,10-14H2,1-3H3,(H,18,19);1H. The predicted molar refractivity (Wildman–Crippen MR) is 114 cm³/mol. The van der Waals surface area contributed by atoms with Crippen molar-refractivity contribution in [2.45, 2.75) is 19.9 Å². The van der Waals surface area contributed by atoms with Gasteiger partial charge >= 0.3 is 0 Å². The van der Waals surface area contributed by atoms with E-state index in [1.807, 2.05) is 32.2 Å². The molecule has 1 aliphatic rings. The summed E-state index contributed by atoms with van der Waals surface area (Å²) >= 11 is 0. The average Bonchev–Trinajstić information content (AvgIpc) is 3.01. The Hall–Kier alpha value is -0.870. The third-order valence-electron chi connectivity index (χ3n) is 4.18. The summed E-state index contributed by atoms with van der Waals surface area (Å²) in [5, 5.41) is 3.31. The van der Waals surface area contributed by atoms with E-state index in [0.717, 1.165) is 25.5 Å². The molecule has 25 heavy (non-hydrogen) atoms. The van der Waals surface area contributed by atoms with Crippen molar-refractivity contribution in [3.05, 3.63) is 35.9 Å². The van der Waals surface area contributed by atoms with Crippen LogP contribution in [0, 0.1) is 5.92 Å². The quantitative estimate of drug-likeness (QED) is 0.384. The Bertz CT molecular complexity index is 652. The van der Waals surface area contributed by atoms with E-state index in [4.69, 9.17) is 4.99 Å². The molecular formula is C17H29IN4O2S. The van der Waals surface area contributed by atoms with Crippen molar-refractivity contribution in [2.75, 3.05) is 39.5 Å². The lowest BCUT2D eigenvalue weighted by Gasteiger charge is -2.22. The first kappa shape index (κ1) is 22.2. The maximum Gasteiger partial charge on any atom is 0.211 e. The van der Waals surface area contributed by atoms with E-state index in [-0.39, 0.29) is 24.0 Å². The van der Waals surface area contributed by atoms with Crippen molar-refractivity contribution >= 4 is 40.0 Å². The Labute approximate surface area is 168 Å². The Kier molecular flexibility index (Phi) is 9.15. The second-order valence-corrected chi connectivity index (χ2v) is 8.29. The summed E-state index contributed by atoms with van der Waals surface area (Å²) in [6.07, 6.45) is 2.15. The van der Waals surface area contributed by atoms with Crippen molar-refractivity contribution in [3.63, 3.8) is 0 Å². The highest BCUT2D eigenvalue weighted by atomic mass is 127. The highest BCUT2D eigenvalue weighted by Crippen LogP contribution is 2.19. The van der Waals surface area contributed by atoms with E-state index < -0.39 is 10.0 Å². The van der Waals surface area contributed by atoms with Gasteiger partial charge < -0.3 is 10.2 Å². The third-order valence-corrected chi connectivity index (χ3v) is 5.45. The highest BCUT2D eigenvalue weighted by Gasteiger charge is 2.28. The minimum atomic E-state index is -3.08. The van der Waals surface area contributed by atoms with Gasteiger partial charge in [0, 0.05) is 39.8 Å². The van der Waals surface area contributed by atoms with E-state index in [0.29, 0.717) is 25.6 Å². The SMILES string of the molecule is CCNC(=NCC1CCN(S(C)(=O)=O)C1)N(C)Cc1ccccc1.I. The van der Waals surface area contributed by atoms with Crippen molar-refractivity contribution in [1.82, 2.24) is 14.5 Å². The first-order valence-electron chi connectivity index (χ1n) is 8.38. The lowest BCUT2D eigenvalue weighted by molar-refractivity contribution is 0.456. The van der Waals surface area contributed by atoms with Gasteiger partial charge in [0.05, 0.1) is 6.26 Å². The molecule has 0 aromatic heterocycles. The third kappa shape index (κ3) is 7.10. The number of hydrogen-bond donors (Lipinski definition) is 1. The highest BCUT2D eigenvalue weighted by molar-refractivity contribution is 14.0. The summed E-state index contributed by atoms with van der Waals surface area (Å²) in [4.78, 5) is 6.82. The van der Waals surface area contributed by atoms with Gasteiger partial charge in [-0.3, -0.25) is 4.99 Å². The zero-order valence-electron chi connectivity index (χ0n) is 15.2. The molecule has 0 bridgehead atoms. The van der Waals surface area contributed by atoms with Crippen LogP contribution in [0.2, 0.25) is 0 Å². The molecule has 0 radical (unpaired) electrons. The van der Waals surface area contributed by atoms with Crippen molar-refractivity contribution in [3.8, 4) is 0 Å². The minimum absolute atomic E-state index is 0. The molecule has 1 saturated heterocycles. The van der Waals surface area contributed by atoms with E-state index >= 15 is 0 Å². The van der Waals surface area contributed by atoms with Crippen LogP contribution in [0.1, 0.15) is 18.9 Å². The van der Waals surface area contributed by atoms with Crippen molar-refractivity contribution in [1.29, 1.82) is 0 Å². The van der Waals surface area contributed by atoms with Crippen molar-refractivity contribution in [2.24, 2.45) is 10.9 Å². The molecule has 1 aromatic rings. The molecule has 8 heteroatoms. The first-order chi connectivity index (χ1) is 11.4. The van der Waals surface area contributed by atoms with Gasteiger partial charge in [0.2, 0.25) is 10.0 Å². The van der Waals surface area contributed by atoms with Crippen LogP contribution in [-0.4, -0.2) is 63.1 Å². The van der Waals surface area contributed by atoms with Crippen LogP contribution in [0.5, 0.6) is 0 Å². The largest absolute Gasteiger partial charge is 0.357 e. The maximum absolute atomic E-state index is 11.6. The van der Waals surface area contributed by atoms with Crippen LogP contribution in [0.3, 0.4) is 0 Å². The molecule has 0 amide bonds. The van der Waals surface area contributed by atoms with E-state index in [9.17, 15) is 8.42 Å². The second-order valence-electron chi connectivity index (χ2n) is 6.31. The maximum atomic E-state index is 11.6. The van der Waals surface area contributed by atoms with Crippen LogP contribution in [-0.2, 0) is 16.6 Å². The Balaban J connectivity index is 0.00000312. The van der Waals surface area contributed by atoms with Crippen LogP contribution in [0.15, 0.2) is 35.3 Å². The van der Waals surface area contributed by atoms with Gasteiger partial charge in [-0.25, -0.2) is 12.7 Å². The molecule has 1 N–H and O–H groups in total. The molecule has 1 aromatic carbocycles. The van der Waals surface area contributed by atoms with Gasteiger partial charge in [-0.2, -0.15) is 0 Å². The van der Waals surface area contributed by atoms with E-state index in [2.05, 4.69) is 22.3 Å². The number of halogens is 1. The van der Waals surface area contributed by atoms with Gasteiger partial charge in [-0.05, 0) is 24.8 Å². The molecule has 0 aliphatic carbocycles. The summed E-state index contributed by atoms with van der Waals surface area (Å²) < 4.78 is 24.8. The number of benzene rings is 1. The lowest BCUT2D eigenvalue weighted by atomic mass is 10.1. The molecule has 2 rings (SSSR count). The lowest BCUT2D eigenvalue weighted by Crippen LogP contribution is -2.39. The number of rotatable bonds is 6. The number of guanidine groups is 1. The monoisotopic (exact) mass is 480 g/mol. The zero-order chi connectivity index (χ0) is 17.6. The summed E-state index contributed by atoms with van der Waals surface area (Å²) in [6, 6.07) is 10.3. The first-order valence-corrected chi connectivity index (χ1v) is 10.2. The molecule has 1 aliphatic heterocycles. The molecule has 1 unspecified atom stereocenters.